The summed E-state index contributed by atoms with van der Waals surface area (Å²) in [6.45, 7) is 0. The fraction of sp³-hybridized carbons (Fsp3) is 0. The Balaban J connectivity index is 2.13. The number of nitrogens with zero attached hydrogens (tertiary/aromatic N) is 2. The molecule has 0 fully saturated rings. The number of aliphatic imine (C=N–C) groups is 1. The van der Waals surface area contributed by atoms with Crippen LogP contribution in [0, 0.1) is 0 Å². The van der Waals surface area contributed by atoms with Gasteiger partial charge in [-0.05, 0) is 41.1 Å². The number of rotatable bonds is 2. The third-order valence-electron chi connectivity index (χ3n) is 3.00. The van der Waals surface area contributed by atoms with E-state index in [0.717, 1.165) is 10.8 Å². The van der Waals surface area contributed by atoms with E-state index in [4.69, 9.17) is 0 Å². The van der Waals surface area contributed by atoms with E-state index in [-0.39, 0.29) is 11.5 Å². The molecule has 0 bridgehead atoms. The van der Waals surface area contributed by atoms with Gasteiger partial charge in [0, 0.05) is 18.0 Å². The van der Waals surface area contributed by atoms with Crippen molar-refractivity contribution in [2.75, 3.05) is 0 Å². The van der Waals surface area contributed by atoms with Gasteiger partial charge in [0.25, 0.3) is 0 Å². The van der Waals surface area contributed by atoms with Crippen molar-refractivity contribution in [2.45, 2.75) is 0 Å². The molecule has 0 aliphatic heterocycles. The molecule has 0 atom stereocenters. The van der Waals surface area contributed by atoms with Crippen molar-refractivity contribution < 1.29 is 10.2 Å². The zero-order valence-corrected chi connectivity index (χ0v) is 10.6. The number of hydrogen-bond acceptors (Lipinski definition) is 4. The third-order valence-corrected chi connectivity index (χ3v) is 3.00. The number of benzene rings is 2. The molecule has 2 N–H and O–H groups in total. The van der Waals surface area contributed by atoms with Crippen molar-refractivity contribution in [2.24, 2.45) is 4.99 Å². The second-order valence-electron chi connectivity index (χ2n) is 4.35. The van der Waals surface area contributed by atoms with E-state index in [2.05, 4.69) is 9.98 Å². The number of fused-ring (bicyclic) bond motifs is 1. The van der Waals surface area contributed by atoms with Crippen LogP contribution in [-0.2, 0) is 0 Å². The highest BCUT2D eigenvalue weighted by Gasteiger charge is 2.05. The van der Waals surface area contributed by atoms with Gasteiger partial charge in [0.1, 0.15) is 11.5 Å². The van der Waals surface area contributed by atoms with E-state index < -0.39 is 0 Å². The molecule has 1 heterocycles. The van der Waals surface area contributed by atoms with Crippen molar-refractivity contribution >= 4 is 22.8 Å². The summed E-state index contributed by atoms with van der Waals surface area (Å²) in [6, 6.07) is 13.8. The highest BCUT2D eigenvalue weighted by Crippen LogP contribution is 2.28. The first-order valence-corrected chi connectivity index (χ1v) is 6.14. The minimum absolute atomic E-state index is 0.114. The molecule has 0 unspecified atom stereocenters. The lowest BCUT2D eigenvalue weighted by atomic mass is 10.0. The van der Waals surface area contributed by atoms with Gasteiger partial charge in [-0.25, -0.2) is 9.98 Å². The van der Waals surface area contributed by atoms with E-state index in [0.29, 0.717) is 11.4 Å². The maximum Gasteiger partial charge on any atom is 0.151 e. The molecule has 0 spiro atoms. The molecule has 0 radical (unpaired) electrons. The predicted molar refractivity (Wildman–Crippen MR) is 78.8 cm³/mol. The average Bonchev–Trinajstić information content (AvgIpc) is 2.47. The molecule has 4 heteroatoms. The van der Waals surface area contributed by atoms with Gasteiger partial charge in [0.2, 0.25) is 0 Å². The lowest BCUT2D eigenvalue weighted by Crippen LogP contribution is -1.86. The summed E-state index contributed by atoms with van der Waals surface area (Å²) in [5, 5.41) is 21.2. The van der Waals surface area contributed by atoms with Crippen molar-refractivity contribution in [3.8, 4) is 11.5 Å². The van der Waals surface area contributed by atoms with E-state index >= 15 is 0 Å². The second kappa shape index (κ2) is 5.01. The van der Waals surface area contributed by atoms with Crippen LogP contribution in [0.5, 0.6) is 11.5 Å². The fourth-order valence-electron chi connectivity index (χ4n) is 2.02. The first kappa shape index (κ1) is 12.2. The number of phenols is 2. The van der Waals surface area contributed by atoms with Gasteiger partial charge in [0.15, 0.2) is 5.82 Å². The Hall–Kier alpha value is -2.88. The molecule has 1 aromatic heterocycles. The van der Waals surface area contributed by atoms with Gasteiger partial charge in [-0.15, -0.1) is 0 Å². The van der Waals surface area contributed by atoms with Crippen molar-refractivity contribution in [3.63, 3.8) is 0 Å². The Morgan fingerprint density at radius 2 is 1.85 bits per heavy atom. The summed E-state index contributed by atoms with van der Waals surface area (Å²) < 4.78 is 0. The van der Waals surface area contributed by atoms with Crippen LogP contribution in [0.4, 0.5) is 5.82 Å². The van der Waals surface area contributed by atoms with E-state index in [9.17, 15) is 10.2 Å². The summed E-state index contributed by atoms with van der Waals surface area (Å²) in [7, 11) is 0. The smallest absolute Gasteiger partial charge is 0.151 e. The van der Waals surface area contributed by atoms with Gasteiger partial charge in [-0.2, -0.15) is 0 Å². The van der Waals surface area contributed by atoms with Gasteiger partial charge in [0.05, 0.1) is 0 Å². The first-order chi connectivity index (χ1) is 9.74. The Bertz CT molecular complexity index is 778. The minimum atomic E-state index is 0.114. The van der Waals surface area contributed by atoms with Crippen LogP contribution in [-0.4, -0.2) is 21.4 Å². The summed E-state index contributed by atoms with van der Waals surface area (Å²) >= 11 is 0. The molecule has 0 aliphatic carbocycles. The quantitative estimate of drug-likeness (QED) is 0.697. The standard InChI is InChI=1S/C16H12N2O2/c19-12-6-4-11-5-7-15(20)14(13(11)9-12)10-18-16-3-1-2-8-17-16/h1-10,19-20H/b18-10+. The number of pyridine rings is 1. The maximum absolute atomic E-state index is 9.98. The first-order valence-electron chi connectivity index (χ1n) is 6.14. The summed E-state index contributed by atoms with van der Waals surface area (Å²) in [4.78, 5) is 8.33. The molecule has 3 rings (SSSR count). The van der Waals surface area contributed by atoms with Crippen LogP contribution in [0.15, 0.2) is 59.7 Å². The van der Waals surface area contributed by atoms with Crippen molar-refractivity contribution in [1.29, 1.82) is 0 Å². The summed E-state index contributed by atoms with van der Waals surface area (Å²) in [5.74, 6) is 0.822. The predicted octanol–water partition coefficient (Wildman–Crippen LogP) is 3.40. The highest BCUT2D eigenvalue weighted by atomic mass is 16.3. The molecule has 2 aromatic carbocycles. The van der Waals surface area contributed by atoms with Crippen LogP contribution >= 0.6 is 0 Å². The SMILES string of the molecule is Oc1ccc2ccc(O)c(/C=N/c3ccccn3)c2c1. The van der Waals surface area contributed by atoms with Crippen LogP contribution < -0.4 is 0 Å². The summed E-state index contributed by atoms with van der Waals surface area (Å²) in [5.41, 5.74) is 0.559. The van der Waals surface area contributed by atoms with Crippen LogP contribution in [0.1, 0.15) is 5.56 Å². The lowest BCUT2D eigenvalue weighted by Gasteiger charge is -2.05. The molecular formula is C16H12N2O2. The minimum Gasteiger partial charge on any atom is -0.508 e. The van der Waals surface area contributed by atoms with Crippen molar-refractivity contribution in [1.82, 2.24) is 4.98 Å². The molecule has 0 amide bonds. The van der Waals surface area contributed by atoms with Crippen LogP contribution in [0.3, 0.4) is 0 Å². The van der Waals surface area contributed by atoms with Crippen molar-refractivity contribution in [3.05, 3.63) is 60.3 Å². The van der Waals surface area contributed by atoms with Gasteiger partial charge < -0.3 is 10.2 Å². The lowest BCUT2D eigenvalue weighted by molar-refractivity contribution is 0.474. The molecule has 20 heavy (non-hydrogen) atoms. The zero-order valence-electron chi connectivity index (χ0n) is 10.6. The van der Waals surface area contributed by atoms with Crippen LogP contribution in [0.25, 0.3) is 10.8 Å². The molecule has 3 aromatic rings. The maximum atomic E-state index is 9.98. The number of aromatic nitrogens is 1. The van der Waals surface area contributed by atoms with E-state index in [1.807, 2.05) is 12.1 Å². The monoisotopic (exact) mass is 264 g/mol. The zero-order chi connectivity index (χ0) is 13.9. The number of aromatic hydroxyl groups is 2. The third kappa shape index (κ3) is 2.31. The number of phenolic OH excluding ortho intramolecular Hbond substituents is 2. The molecule has 0 saturated heterocycles. The highest BCUT2D eigenvalue weighted by molar-refractivity contribution is 6.03. The summed E-state index contributed by atoms with van der Waals surface area (Å²) in [6.07, 6.45) is 3.21. The Morgan fingerprint density at radius 1 is 1.00 bits per heavy atom. The Labute approximate surface area is 115 Å². The molecule has 0 saturated carbocycles. The normalized spacial score (nSPS) is 11.2. The van der Waals surface area contributed by atoms with Crippen LogP contribution in [0.2, 0.25) is 0 Å². The Morgan fingerprint density at radius 3 is 2.65 bits per heavy atom. The molecular weight excluding hydrogens is 252 g/mol. The second-order valence-corrected chi connectivity index (χ2v) is 4.35. The average molecular weight is 264 g/mol. The largest absolute Gasteiger partial charge is 0.508 e. The fourth-order valence-corrected chi connectivity index (χ4v) is 2.02. The number of hydrogen-bond donors (Lipinski definition) is 2. The molecule has 0 aliphatic rings. The van der Waals surface area contributed by atoms with E-state index in [1.54, 1.807) is 48.8 Å². The van der Waals surface area contributed by atoms with Gasteiger partial charge in [-0.3, -0.25) is 0 Å². The topological polar surface area (TPSA) is 65.7 Å². The van der Waals surface area contributed by atoms with Gasteiger partial charge >= 0.3 is 0 Å². The Kier molecular flexibility index (Phi) is 3.05. The molecule has 4 nitrogen and oxygen atoms in total. The van der Waals surface area contributed by atoms with E-state index in [1.165, 1.54) is 0 Å². The van der Waals surface area contributed by atoms with Gasteiger partial charge in [-0.1, -0.05) is 18.2 Å². The molecule has 98 valence electrons.